The first kappa shape index (κ1) is 22.3. The summed E-state index contributed by atoms with van der Waals surface area (Å²) in [4.78, 5) is 0. The topological polar surface area (TPSA) is 29.5 Å². The summed E-state index contributed by atoms with van der Waals surface area (Å²) in [5.41, 5.74) is -0.520. The Kier molecular flexibility index (Phi) is 8.98. The molecule has 1 N–H and O–H groups in total. The Hall–Kier alpha value is -1.70. The largest absolute Gasteiger partial charge is 0.504 e. The van der Waals surface area contributed by atoms with Crippen molar-refractivity contribution in [2.75, 3.05) is 0 Å². The fourth-order valence-corrected chi connectivity index (χ4v) is 3.09. The summed E-state index contributed by atoms with van der Waals surface area (Å²) in [5, 5.41) is 9.71. The van der Waals surface area contributed by atoms with Crippen LogP contribution in [0.15, 0.2) is 60.6 Å². The summed E-state index contributed by atoms with van der Waals surface area (Å²) in [6, 6.07) is 0. The predicted octanol–water partition coefficient (Wildman–Crippen LogP) is 7.13. The molecule has 1 aliphatic heterocycles. The first-order chi connectivity index (χ1) is 12.2. The third-order valence-electron chi connectivity index (χ3n) is 5.33. The van der Waals surface area contributed by atoms with E-state index in [0.29, 0.717) is 23.5 Å². The first-order valence-electron chi connectivity index (χ1n) is 9.99. The SMILES string of the molecule is C=C1OC(C)(C(C)/C=C/C=C/C(C)CC(C)C/C=C/C(C)CC)C=C1O. The van der Waals surface area contributed by atoms with Gasteiger partial charge in [-0.1, -0.05) is 84.1 Å². The van der Waals surface area contributed by atoms with Gasteiger partial charge >= 0.3 is 0 Å². The molecule has 2 heteroatoms. The highest BCUT2D eigenvalue weighted by atomic mass is 16.5. The zero-order valence-corrected chi connectivity index (χ0v) is 17.5. The van der Waals surface area contributed by atoms with Crippen LogP contribution in [-0.2, 0) is 4.74 Å². The minimum atomic E-state index is -0.520. The molecule has 0 aromatic carbocycles. The number of aliphatic hydroxyl groups excluding tert-OH is 1. The lowest BCUT2D eigenvalue weighted by atomic mass is 9.90. The van der Waals surface area contributed by atoms with Crippen molar-refractivity contribution in [3.05, 3.63) is 60.6 Å². The maximum Gasteiger partial charge on any atom is 0.156 e. The van der Waals surface area contributed by atoms with Crippen molar-refractivity contribution in [3.8, 4) is 0 Å². The van der Waals surface area contributed by atoms with Crippen LogP contribution in [0, 0.1) is 23.7 Å². The van der Waals surface area contributed by atoms with Gasteiger partial charge in [-0.25, -0.2) is 0 Å². The van der Waals surface area contributed by atoms with Crippen molar-refractivity contribution < 1.29 is 9.84 Å². The lowest BCUT2D eigenvalue weighted by molar-refractivity contribution is 0.0503. The van der Waals surface area contributed by atoms with Gasteiger partial charge in [-0.3, -0.25) is 0 Å². The molecule has 0 bridgehead atoms. The second kappa shape index (κ2) is 10.4. The Morgan fingerprint density at radius 1 is 1.12 bits per heavy atom. The van der Waals surface area contributed by atoms with Crippen LogP contribution >= 0.6 is 0 Å². The summed E-state index contributed by atoms with van der Waals surface area (Å²) in [6.45, 7) is 16.9. The summed E-state index contributed by atoms with van der Waals surface area (Å²) in [6.07, 6.45) is 18.6. The van der Waals surface area contributed by atoms with Gasteiger partial charge in [0, 0.05) is 12.0 Å². The van der Waals surface area contributed by atoms with Crippen molar-refractivity contribution in [2.24, 2.45) is 23.7 Å². The molecule has 5 atom stereocenters. The van der Waals surface area contributed by atoms with Crippen LogP contribution in [-0.4, -0.2) is 10.7 Å². The van der Waals surface area contributed by atoms with Gasteiger partial charge in [0.1, 0.15) is 5.60 Å². The fraction of sp³-hybridized carbons (Fsp3) is 0.583. The molecule has 0 aromatic heterocycles. The third-order valence-corrected chi connectivity index (χ3v) is 5.33. The van der Waals surface area contributed by atoms with E-state index < -0.39 is 5.60 Å². The smallest absolute Gasteiger partial charge is 0.156 e. The van der Waals surface area contributed by atoms with Crippen molar-refractivity contribution >= 4 is 0 Å². The van der Waals surface area contributed by atoms with E-state index in [2.05, 4.69) is 77.7 Å². The van der Waals surface area contributed by atoms with Crippen LogP contribution in [0.3, 0.4) is 0 Å². The molecule has 2 nitrogen and oxygen atoms in total. The number of allylic oxidation sites excluding steroid dienone is 5. The predicted molar refractivity (Wildman–Crippen MR) is 113 cm³/mol. The minimum Gasteiger partial charge on any atom is -0.504 e. The molecule has 0 saturated carbocycles. The number of hydrogen-bond acceptors (Lipinski definition) is 2. The average Bonchev–Trinajstić information content (AvgIpc) is 2.84. The van der Waals surface area contributed by atoms with Gasteiger partial charge in [-0.2, -0.15) is 0 Å². The summed E-state index contributed by atoms with van der Waals surface area (Å²) >= 11 is 0. The number of aliphatic hydroxyl groups is 1. The van der Waals surface area contributed by atoms with Gasteiger partial charge in [0.15, 0.2) is 11.5 Å². The van der Waals surface area contributed by atoms with Gasteiger partial charge < -0.3 is 9.84 Å². The van der Waals surface area contributed by atoms with Crippen LogP contribution in [0.25, 0.3) is 0 Å². The van der Waals surface area contributed by atoms with Gasteiger partial charge in [-0.15, -0.1) is 0 Å². The zero-order valence-electron chi connectivity index (χ0n) is 17.5. The van der Waals surface area contributed by atoms with Gasteiger partial charge in [0.05, 0.1) is 0 Å². The molecule has 0 spiro atoms. The zero-order chi connectivity index (χ0) is 19.7. The Bertz CT molecular complexity index is 567. The summed E-state index contributed by atoms with van der Waals surface area (Å²) in [7, 11) is 0. The summed E-state index contributed by atoms with van der Waals surface area (Å²) < 4.78 is 5.70. The molecule has 1 rings (SSSR count). The standard InChI is InChI=1S/C24H38O2/c1-8-18(2)13-11-14-20(4)16-19(3)12-9-10-15-21(5)24(7)17-23(25)22(6)26-24/h9-13,15,17-21,25H,6,8,14,16H2,1-5,7H3/b12-9+,13-11+,15-10+. The molecule has 146 valence electrons. The van der Waals surface area contributed by atoms with E-state index >= 15 is 0 Å². The Balaban J connectivity index is 2.41. The van der Waals surface area contributed by atoms with E-state index in [9.17, 15) is 5.11 Å². The number of ether oxygens (including phenoxy) is 1. The molecule has 0 aliphatic carbocycles. The highest BCUT2D eigenvalue weighted by Crippen LogP contribution is 2.35. The molecule has 1 aliphatic rings. The molecule has 1 heterocycles. The fourth-order valence-electron chi connectivity index (χ4n) is 3.09. The molecule has 0 radical (unpaired) electrons. The van der Waals surface area contributed by atoms with E-state index in [1.807, 2.05) is 6.92 Å². The highest BCUT2D eigenvalue weighted by Gasteiger charge is 2.36. The molecule has 0 fully saturated rings. The van der Waals surface area contributed by atoms with Crippen LogP contribution in [0.5, 0.6) is 0 Å². The van der Waals surface area contributed by atoms with Crippen LogP contribution < -0.4 is 0 Å². The second-order valence-corrected chi connectivity index (χ2v) is 8.16. The van der Waals surface area contributed by atoms with Gasteiger partial charge in [-0.05, 0) is 37.5 Å². The molecule has 5 unspecified atom stereocenters. The van der Waals surface area contributed by atoms with Crippen molar-refractivity contribution in [1.82, 2.24) is 0 Å². The van der Waals surface area contributed by atoms with Gasteiger partial charge in [0.2, 0.25) is 0 Å². The maximum atomic E-state index is 9.71. The highest BCUT2D eigenvalue weighted by molar-refractivity contribution is 5.29. The van der Waals surface area contributed by atoms with E-state index in [-0.39, 0.29) is 11.7 Å². The molecule has 0 saturated heterocycles. The second-order valence-electron chi connectivity index (χ2n) is 8.16. The van der Waals surface area contributed by atoms with Crippen molar-refractivity contribution in [2.45, 2.75) is 66.4 Å². The Morgan fingerprint density at radius 2 is 1.77 bits per heavy atom. The van der Waals surface area contributed by atoms with E-state index in [1.54, 1.807) is 6.08 Å². The Labute approximate surface area is 161 Å². The molecule has 0 aromatic rings. The Morgan fingerprint density at radius 3 is 2.35 bits per heavy atom. The van der Waals surface area contributed by atoms with E-state index in [1.165, 1.54) is 12.8 Å². The first-order valence-corrected chi connectivity index (χ1v) is 9.99. The van der Waals surface area contributed by atoms with E-state index in [4.69, 9.17) is 4.74 Å². The number of rotatable bonds is 10. The normalized spacial score (nSPS) is 25.6. The molecular formula is C24H38O2. The maximum absolute atomic E-state index is 9.71. The average molecular weight is 359 g/mol. The van der Waals surface area contributed by atoms with E-state index in [0.717, 1.165) is 6.42 Å². The lowest BCUT2D eigenvalue weighted by Gasteiger charge is -2.27. The quantitative estimate of drug-likeness (QED) is 0.332. The van der Waals surface area contributed by atoms with Crippen LogP contribution in [0.2, 0.25) is 0 Å². The van der Waals surface area contributed by atoms with Gasteiger partial charge in [0.25, 0.3) is 0 Å². The molecule has 0 amide bonds. The monoisotopic (exact) mass is 358 g/mol. The van der Waals surface area contributed by atoms with Crippen LogP contribution in [0.1, 0.15) is 60.8 Å². The minimum absolute atomic E-state index is 0.147. The molecule has 26 heavy (non-hydrogen) atoms. The number of hydrogen-bond donors (Lipinski definition) is 1. The molecular weight excluding hydrogens is 320 g/mol. The van der Waals surface area contributed by atoms with Crippen molar-refractivity contribution in [3.63, 3.8) is 0 Å². The van der Waals surface area contributed by atoms with Crippen LogP contribution in [0.4, 0.5) is 0 Å². The van der Waals surface area contributed by atoms with Crippen molar-refractivity contribution in [1.29, 1.82) is 0 Å². The summed E-state index contributed by atoms with van der Waals surface area (Å²) in [5.74, 6) is 2.59. The lowest BCUT2D eigenvalue weighted by Crippen LogP contribution is -2.29. The third kappa shape index (κ3) is 7.27.